The van der Waals surface area contributed by atoms with Gasteiger partial charge < -0.3 is 40.0 Å². The van der Waals surface area contributed by atoms with Gasteiger partial charge in [0, 0.05) is 64.0 Å². The fraction of sp³-hybridized carbons (Fsp3) is 0.538. The second-order valence-electron chi connectivity index (χ2n) is 27.4. The van der Waals surface area contributed by atoms with Crippen molar-refractivity contribution >= 4 is 93.8 Å². The zero-order valence-corrected chi connectivity index (χ0v) is 54.1. The van der Waals surface area contributed by atoms with Gasteiger partial charge in [0.15, 0.2) is 33.6 Å². The molecule has 8 heterocycles. The van der Waals surface area contributed by atoms with Crippen molar-refractivity contribution in [1.29, 1.82) is 0 Å². The third-order valence-corrected chi connectivity index (χ3v) is 22.4. The molecule has 6 fully saturated rings. The van der Waals surface area contributed by atoms with Crippen LogP contribution >= 0.6 is 58.8 Å². The van der Waals surface area contributed by atoms with Gasteiger partial charge in [-0.1, -0.05) is 96.5 Å². The molecule has 2 amide bonds. The zero-order chi connectivity index (χ0) is 63.0. The molecular weight excluding hydrogens is 1270 g/mol. The van der Waals surface area contributed by atoms with Gasteiger partial charge in [0.2, 0.25) is 24.6 Å². The van der Waals surface area contributed by atoms with Crippen LogP contribution in [-0.4, -0.2) is 78.2 Å². The number of aromatic nitrogens is 6. The molecule has 0 bridgehead atoms. The zero-order valence-electron chi connectivity index (χ0n) is 50.2. The summed E-state index contributed by atoms with van der Waals surface area (Å²) in [6, 6.07) is 13.9. The SMILES string of the molecule is CC1(C)CCC2(CC1)C[C@@H](C(=O)C[C@@H]1CC[C@@H](c3ncon3)OC1)[C@H](c1ccnc(Cl)c1F)[C@]21C(=O)Nc2cc(Cl)ccc21.CC1(C)CCC2(CC1)C[C@@H](C(=O)O)[C@H](c1ccnc(Cl)c1F)C21C(=O)Nc2cc(Cl)ccc21.Cl.N[C@@H]1CC[C@@H](c2ncon2)OC1. The van der Waals surface area contributed by atoms with Gasteiger partial charge in [0.05, 0.1) is 30.0 Å². The van der Waals surface area contributed by atoms with Gasteiger partial charge in [-0.05, 0) is 176 Å². The Balaban J connectivity index is 0.000000159. The third kappa shape index (κ3) is 11.4. The highest BCUT2D eigenvalue weighted by atomic mass is 35.5. The number of Topliss-reactive ketones (excluding diaryl/α,β-unsaturated/α-hetero) is 1. The van der Waals surface area contributed by atoms with Crippen molar-refractivity contribution in [3.05, 3.63) is 140 Å². The van der Waals surface area contributed by atoms with Crippen LogP contribution in [0.3, 0.4) is 0 Å². The highest BCUT2D eigenvalue weighted by molar-refractivity contribution is 6.32. The maximum absolute atomic E-state index is 16.1. The van der Waals surface area contributed by atoms with E-state index in [-0.39, 0.29) is 99.3 Å². The number of hydrogen-bond acceptors (Lipinski definition) is 15. The number of amides is 2. The number of benzene rings is 2. The molecule has 4 aromatic heterocycles. The lowest BCUT2D eigenvalue weighted by Crippen LogP contribution is -2.52. The van der Waals surface area contributed by atoms with Crippen LogP contribution in [0.5, 0.6) is 0 Å². The average molecular weight is 1340 g/mol. The van der Waals surface area contributed by atoms with Crippen LogP contribution in [0.25, 0.3) is 0 Å². The first-order valence-corrected chi connectivity index (χ1v) is 32.0. The first-order valence-electron chi connectivity index (χ1n) is 30.5. The van der Waals surface area contributed by atoms with Crippen molar-refractivity contribution in [2.45, 2.75) is 165 Å². The van der Waals surface area contributed by atoms with Crippen LogP contribution in [0.4, 0.5) is 20.2 Å². The van der Waals surface area contributed by atoms with Gasteiger partial charge in [-0.15, -0.1) is 12.4 Å². The number of anilines is 2. The quantitative estimate of drug-likeness (QED) is 0.103. The Morgan fingerprint density at radius 3 is 1.48 bits per heavy atom. The Morgan fingerprint density at radius 1 is 0.622 bits per heavy atom. The van der Waals surface area contributed by atoms with Crippen molar-refractivity contribution in [3.8, 4) is 0 Å². The molecular formula is C65H72Cl5F2N9O9. The predicted molar refractivity (Wildman–Crippen MR) is 333 cm³/mol. The predicted octanol–water partition coefficient (Wildman–Crippen LogP) is 14.5. The molecule has 5 N–H and O–H groups in total. The molecule has 2 saturated heterocycles. The number of nitrogens with zero attached hydrogens (tertiary/aromatic N) is 6. The molecule has 0 radical (unpaired) electrons. The molecule has 1 unspecified atom stereocenters. The monoisotopic (exact) mass is 1340 g/mol. The smallest absolute Gasteiger partial charge is 0.307 e. The number of fused-ring (bicyclic) bond motifs is 6. The number of nitrogens with two attached hydrogens (primary N) is 1. The van der Waals surface area contributed by atoms with E-state index in [0.29, 0.717) is 77.5 Å². The van der Waals surface area contributed by atoms with Crippen molar-refractivity contribution in [1.82, 2.24) is 30.2 Å². The summed E-state index contributed by atoms with van der Waals surface area (Å²) < 4.78 is 52.5. The van der Waals surface area contributed by atoms with E-state index in [0.717, 1.165) is 63.4 Å². The number of carbonyl (C=O) groups excluding carboxylic acids is 3. The Kier molecular flexibility index (Phi) is 18.5. The van der Waals surface area contributed by atoms with Gasteiger partial charge in [-0.25, -0.2) is 18.7 Å². The van der Waals surface area contributed by atoms with E-state index >= 15 is 8.78 Å². The third-order valence-electron chi connectivity index (χ3n) is 21.4. The number of carbonyl (C=O) groups is 4. The largest absolute Gasteiger partial charge is 0.481 e. The summed E-state index contributed by atoms with van der Waals surface area (Å²) in [5.41, 5.74) is 5.27. The summed E-state index contributed by atoms with van der Waals surface area (Å²) in [5.74, 6) is -5.10. The number of ketones is 1. The second kappa shape index (κ2) is 25.3. The maximum Gasteiger partial charge on any atom is 0.307 e. The fourth-order valence-corrected chi connectivity index (χ4v) is 17.6. The van der Waals surface area contributed by atoms with Crippen molar-refractivity contribution in [2.75, 3.05) is 23.8 Å². The Morgan fingerprint density at radius 2 is 1.07 bits per heavy atom. The number of pyridine rings is 2. The van der Waals surface area contributed by atoms with E-state index in [1.807, 2.05) is 6.07 Å². The van der Waals surface area contributed by atoms with Gasteiger partial charge >= 0.3 is 5.97 Å². The van der Waals surface area contributed by atoms with E-state index in [4.69, 9.17) is 66.1 Å². The molecule has 4 aliphatic carbocycles. The van der Waals surface area contributed by atoms with E-state index in [1.165, 1.54) is 31.2 Å². The molecule has 4 aliphatic heterocycles. The van der Waals surface area contributed by atoms with Crippen LogP contribution in [0, 0.1) is 51.0 Å². The number of aliphatic carboxylic acids is 1. The number of ether oxygens (including phenoxy) is 2. The van der Waals surface area contributed by atoms with Gasteiger partial charge in [0.1, 0.15) is 18.0 Å². The minimum atomic E-state index is -1.25. The average Bonchev–Trinajstić information content (AvgIpc) is 1.51. The molecule has 14 rings (SSSR count). The minimum Gasteiger partial charge on any atom is -0.481 e. The summed E-state index contributed by atoms with van der Waals surface area (Å²) in [5, 5.41) is 24.4. The molecule has 2 aromatic carbocycles. The molecule has 10 atom stereocenters. The number of halogens is 7. The summed E-state index contributed by atoms with van der Waals surface area (Å²) in [4.78, 5) is 71.6. The highest BCUT2D eigenvalue weighted by Gasteiger charge is 2.74. The fourth-order valence-electron chi connectivity index (χ4n) is 17.0. The Hall–Kier alpha value is -5.71. The first-order chi connectivity index (χ1) is 42.4. The number of carboxylic acids is 1. The standard InChI is InChI=1S/C33H35Cl2FN4O4.C25H25Cl2FN2O3.C7H11N3O2.ClH/c1-31(2)8-10-32(11-9-31)15-21(24(41)13-18-3-6-25(43-16-18)29-38-17-44-40-29)26(20-7-12-37-28(35)27(20)36)33(32)22-5-4-19(34)14-23(22)39-30(33)42;1-23(2)6-8-24(9-7-23)12-15(21(31)32)18(14-5-10-29-20(27)19(14)28)25(24)16-4-3-13(26)11-17(16)30-22(25)33;8-5-1-2-6(11-3-5)7-9-4-12-10-7;/h4-5,7,12,14,17-18,21,25-26H,3,6,8-11,13,15-16H2,1-2H3,(H,39,42);3-5,10-11,15,18H,6-9,12H2,1-2H3,(H,30,33)(H,31,32);4-6H,1-3,8H2;1H/t18-,21-,25-,26-,33+;15-,18+,25?;5-,6+;/m011./s1. The van der Waals surface area contributed by atoms with Gasteiger partial charge in [0.25, 0.3) is 0 Å². The van der Waals surface area contributed by atoms with Crippen molar-refractivity contribution < 1.29 is 51.6 Å². The van der Waals surface area contributed by atoms with Crippen LogP contribution in [0.15, 0.2) is 82.8 Å². The normalized spacial score (nSPS) is 29.7. The molecule has 25 heteroatoms. The van der Waals surface area contributed by atoms with E-state index in [2.05, 4.69) is 73.1 Å². The number of rotatable bonds is 8. The molecule has 4 spiro atoms. The van der Waals surface area contributed by atoms with Crippen LogP contribution in [0.2, 0.25) is 20.4 Å². The summed E-state index contributed by atoms with van der Waals surface area (Å²) in [7, 11) is 0. The molecule has 4 saturated carbocycles. The highest BCUT2D eigenvalue weighted by Crippen LogP contribution is 2.74. The van der Waals surface area contributed by atoms with Crippen LogP contribution < -0.4 is 16.4 Å². The van der Waals surface area contributed by atoms with Crippen molar-refractivity contribution in [2.24, 2.45) is 45.1 Å². The molecule has 8 aliphatic rings. The minimum absolute atomic E-state index is 0. The molecule has 480 valence electrons. The van der Waals surface area contributed by atoms with Crippen LogP contribution in [0.1, 0.15) is 182 Å². The van der Waals surface area contributed by atoms with Crippen molar-refractivity contribution in [3.63, 3.8) is 0 Å². The lowest BCUT2D eigenvalue weighted by molar-refractivity contribution is -0.142. The number of nitrogens with one attached hydrogen (secondary N) is 2. The van der Waals surface area contributed by atoms with E-state index in [9.17, 15) is 24.3 Å². The van der Waals surface area contributed by atoms with E-state index < -0.39 is 62.9 Å². The lowest BCUT2D eigenvalue weighted by atomic mass is 9.51. The molecule has 90 heavy (non-hydrogen) atoms. The van der Waals surface area contributed by atoms with Gasteiger partial charge in [-0.2, -0.15) is 9.97 Å². The number of carboxylic acid groups (broad SMARTS) is 1. The molecule has 6 aromatic rings. The Labute approximate surface area is 546 Å². The topological polar surface area (TPSA) is 261 Å². The maximum atomic E-state index is 16.1. The summed E-state index contributed by atoms with van der Waals surface area (Å²) >= 11 is 24.9. The van der Waals surface area contributed by atoms with E-state index in [1.54, 1.807) is 36.4 Å². The first kappa shape index (κ1) is 65.8. The molecule has 18 nitrogen and oxygen atoms in total. The Bertz CT molecular complexity index is 3660. The summed E-state index contributed by atoms with van der Waals surface area (Å²) in [6.07, 6.45) is 15.8. The van der Waals surface area contributed by atoms with Crippen LogP contribution in [-0.2, 0) is 39.5 Å². The lowest BCUT2D eigenvalue weighted by Gasteiger charge is -2.51. The summed E-state index contributed by atoms with van der Waals surface area (Å²) in [6.45, 7) is 9.84. The number of hydrogen-bond donors (Lipinski definition) is 4. The van der Waals surface area contributed by atoms with Gasteiger partial charge in [-0.3, -0.25) is 19.2 Å². The second-order valence-corrected chi connectivity index (χ2v) is 29.0.